The van der Waals surface area contributed by atoms with Gasteiger partial charge in [-0.1, -0.05) is 6.92 Å². The van der Waals surface area contributed by atoms with E-state index in [2.05, 4.69) is 21.1 Å². The van der Waals surface area contributed by atoms with Crippen LogP contribution in [0.25, 0.3) is 0 Å². The Bertz CT molecular complexity index is 611. The molecule has 0 radical (unpaired) electrons. The summed E-state index contributed by atoms with van der Waals surface area (Å²) in [6.07, 6.45) is 0. The number of hydrogen-bond donors (Lipinski definition) is 1. The lowest BCUT2D eigenvalue weighted by molar-refractivity contribution is 0.266. The van der Waals surface area contributed by atoms with Gasteiger partial charge in [0.25, 0.3) is 0 Å². The number of nitrogen functional groups attached to an aromatic ring is 1. The molecule has 120 valence electrons. The Labute approximate surface area is 130 Å². The van der Waals surface area contributed by atoms with Gasteiger partial charge in [0.2, 0.25) is 10.0 Å². The van der Waals surface area contributed by atoms with E-state index in [1.165, 1.54) is 18.4 Å². The van der Waals surface area contributed by atoms with E-state index in [0.717, 1.165) is 24.6 Å². The maximum Gasteiger partial charge on any atom is 0.249 e. The van der Waals surface area contributed by atoms with Crippen molar-refractivity contribution in [2.24, 2.45) is 5.92 Å². The number of aromatic nitrogens is 1. The zero-order valence-corrected chi connectivity index (χ0v) is 14.7. The first-order chi connectivity index (χ1) is 9.66. The van der Waals surface area contributed by atoms with Crippen molar-refractivity contribution in [3.05, 3.63) is 0 Å². The summed E-state index contributed by atoms with van der Waals surface area (Å²) in [5, 5.41) is 0.650. The Morgan fingerprint density at radius 3 is 2.38 bits per heavy atom. The van der Waals surface area contributed by atoms with Gasteiger partial charge in [0.1, 0.15) is 5.00 Å². The molecule has 9 heteroatoms. The molecule has 1 aromatic rings. The molecule has 1 aliphatic heterocycles. The largest absolute Gasteiger partial charge is 0.382 e. The molecule has 0 aliphatic carbocycles. The van der Waals surface area contributed by atoms with E-state index in [1.54, 1.807) is 0 Å². The fourth-order valence-corrected chi connectivity index (χ4v) is 4.94. The number of nitrogens with two attached hydrogens (primary N) is 1. The average Bonchev–Trinajstić information content (AvgIpc) is 2.92. The molecule has 2 atom stereocenters. The maximum atomic E-state index is 12.5. The summed E-state index contributed by atoms with van der Waals surface area (Å²) in [7, 11) is 3.51. The van der Waals surface area contributed by atoms with Crippen molar-refractivity contribution in [3.8, 4) is 0 Å². The van der Waals surface area contributed by atoms with Gasteiger partial charge in [-0.2, -0.15) is 4.37 Å². The molecule has 2 unspecified atom stereocenters. The third kappa shape index (κ3) is 2.87. The molecule has 2 rings (SSSR count). The Morgan fingerprint density at radius 1 is 1.29 bits per heavy atom. The Morgan fingerprint density at radius 2 is 1.90 bits per heavy atom. The summed E-state index contributed by atoms with van der Waals surface area (Å²) >= 11 is 1.16. The van der Waals surface area contributed by atoms with Gasteiger partial charge >= 0.3 is 0 Å². The molecular weight excluding hydrogens is 310 g/mol. The van der Waals surface area contributed by atoms with E-state index in [4.69, 9.17) is 5.73 Å². The second-order valence-electron chi connectivity index (χ2n) is 5.90. The minimum absolute atomic E-state index is 0.0876. The minimum atomic E-state index is -3.59. The van der Waals surface area contributed by atoms with Crippen molar-refractivity contribution >= 4 is 32.4 Å². The zero-order valence-electron chi connectivity index (χ0n) is 13.1. The molecule has 0 saturated carbocycles. The van der Waals surface area contributed by atoms with Crippen LogP contribution in [-0.4, -0.2) is 69.3 Å². The summed E-state index contributed by atoms with van der Waals surface area (Å²) in [5.74, 6) is 0.544. The van der Waals surface area contributed by atoms with Gasteiger partial charge in [0.05, 0.1) is 0 Å². The summed E-state index contributed by atoms with van der Waals surface area (Å²) in [6.45, 7) is 3.77. The van der Waals surface area contributed by atoms with Crippen LogP contribution < -0.4 is 10.6 Å². The lowest BCUT2D eigenvalue weighted by Crippen LogP contribution is -2.34. The third-order valence-corrected chi connectivity index (χ3v) is 6.85. The average molecular weight is 333 g/mol. The Hall–Kier alpha value is -0.900. The van der Waals surface area contributed by atoms with Crippen LogP contribution in [-0.2, 0) is 10.0 Å². The number of likely N-dealkylation sites (N-methyl/N-ethyl adjacent to an activating group) is 1. The zero-order chi connectivity index (χ0) is 15.9. The summed E-state index contributed by atoms with van der Waals surface area (Å²) in [5.41, 5.74) is 5.82. The monoisotopic (exact) mass is 333 g/mol. The maximum absolute atomic E-state index is 12.5. The van der Waals surface area contributed by atoms with Gasteiger partial charge in [-0.05, 0) is 31.5 Å². The standard InChI is InChI=1S/C12H23N5O2S2/c1-8-6-17(7-9(8)15(2)3)12-10(11(13)14-20-12)21(18,19)16(4)5/h8-9H,6-7H2,1-5H3,(H2,13,14). The van der Waals surface area contributed by atoms with Crippen LogP contribution in [0.4, 0.5) is 10.8 Å². The quantitative estimate of drug-likeness (QED) is 0.857. The van der Waals surface area contributed by atoms with Crippen molar-refractivity contribution in [2.75, 3.05) is 51.9 Å². The smallest absolute Gasteiger partial charge is 0.249 e. The molecule has 2 N–H and O–H groups in total. The van der Waals surface area contributed by atoms with Gasteiger partial charge in [-0.15, -0.1) is 0 Å². The molecule has 2 heterocycles. The lowest BCUT2D eigenvalue weighted by atomic mass is 10.1. The highest BCUT2D eigenvalue weighted by Crippen LogP contribution is 2.38. The van der Waals surface area contributed by atoms with Crippen LogP contribution in [0.3, 0.4) is 0 Å². The lowest BCUT2D eigenvalue weighted by Gasteiger charge is -2.23. The molecule has 0 aromatic carbocycles. The molecule has 7 nitrogen and oxygen atoms in total. The van der Waals surface area contributed by atoms with E-state index < -0.39 is 10.0 Å². The molecule has 0 amide bonds. The van der Waals surface area contributed by atoms with Gasteiger partial charge in [0.15, 0.2) is 10.7 Å². The molecule has 1 saturated heterocycles. The molecule has 0 bridgehead atoms. The van der Waals surface area contributed by atoms with Gasteiger partial charge in [0, 0.05) is 33.2 Å². The van der Waals surface area contributed by atoms with Crippen LogP contribution >= 0.6 is 11.5 Å². The number of rotatable bonds is 4. The van der Waals surface area contributed by atoms with E-state index >= 15 is 0 Å². The first-order valence-electron chi connectivity index (χ1n) is 6.75. The van der Waals surface area contributed by atoms with Crippen molar-refractivity contribution in [1.82, 2.24) is 13.6 Å². The fraction of sp³-hybridized carbons (Fsp3) is 0.750. The molecular formula is C12H23N5O2S2. The number of sulfonamides is 1. The van der Waals surface area contributed by atoms with Gasteiger partial charge in [-0.25, -0.2) is 12.7 Å². The van der Waals surface area contributed by atoms with E-state index in [1.807, 2.05) is 14.1 Å². The summed E-state index contributed by atoms with van der Waals surface area (Å²) in [4.78, 5) is 4.40. The highest BCUT2D eigenvalue weighted by atomic mass is 32.2. The molecule has 1 aliphatic rings. The number of anilines is 2. The van der Waals surface area contributed by atoms with Gasteiger partial charge < -0.3 is 15.5 Å². The normalized spacial score (nSPS) is 23.5. The second kappa shape index (κ2) is 5.71. The van der Waals surface area contributed by atoms with Crippen LogP contribution in [0.15, 0.2) is 4.90 Å². The Kier molecular flexibility index (Phi) is 4.48. The van der Waals surface area contributed by atoms with Crippen LogP contribution in [0, 0.1) is 5.92 Å². The molecule has 0 spiro atoms. The highest BCUT2D eigenvalue weighted by molar-refractivity contribution is 7.89. The first kappa shape index (κ1) is 16.5. The van der Waals surface area contributed by atoms with Crippen LogP contribution in [0.1, 0.15) is 6.92 Å². The van der Waals surface area contributed by atoms with Crippen molar-refractivity contribution < 1.29 is 8.42 Å². The van der Waals surface area contributed by atoms with E-state index in [0.29, 0.717) is 17.0 Å². The Balaban J connectivity index is 2.40. The van der Waals surface area contributed by atoms with Crippen molar-refractivity contribution in [1.29, 1.82) is 0 Å². The summed E-state index contributed by atoms with van der Waals surface area (Å²) in [6, 6.07) is 0.392. The second-order valence-corrected chi connectivity index (χ2v) is 8.74. The first-order valence-corrected chi connectivity index (χ1v) is 8.96. The SMILES string of the molecule is CC1CN(c2snc(N)c2S(=O)(=O)N(C)C)CC1N(C)C. The van der Waals surface area contributed by atoms with Crippen molar-refractivity contribution in [3.63, 3.8) is 0 Å². The highest BCUT2D eigenvalue weighted by Gasteiger charge is 2.37. The predicted molar refractivity (Wildman–Crippen MR) is 86.3 cm³/mol. The molecule has 1 aromatic heterocycles. The van der Waals surface area contributed by atoms with Crippen molar-refractivity contribution in [2.45, 2.75) is 17.9 Å². The van der Waals surface area contributed by atoms with Crippen LogP contribution in [0.2, 0.25) is 0 Å². The molecule has 1 fully saturated rings. The predicted octanol–water partition coefficient (Wildman–Crippen LogP) is 0.362. The summed E-state index contributed by atoms with van der Waals surface area (Å²) < 4.78 is 30.2. The third-order valence-electron chi connectivity index (χ3n) is 3.92. The van der Waals surface area contributed by atoms with Gasteiger partial charge in [-0.3, -0.25) is 0 Å². The number of hydrogen-bond acceptors (Lipinski definition) is 7. The topological polar surface area (TPSA) is 82.8 Å². The fourth-order valence-electron chi connectivity index (χ4n) is 2.70. The van der Waals surface area contributed by atoms with E-state index in [-0.39, 0.29) is 10.7 Å². The molecule has 21 heavy (non-hydrogen) atoms. The van der Waals surface area contributed by atoms with Crippen LogP contribution in [0.5, 0.6) is 0 Å². The number of nitrogens with zero attached hydrogens (tertiary/aromatic N) is 4. The minimum Gasteiger partial charge on any atom is -0.382 e. The van der Waals surface area contributed by atoms with E-state index in [9.17, 15) is 8.42 Å².